The monoisotopic (exact) mass is 281 g/mol. The number of anilines is 2. The number of nitrogens with zero attached hydrogens (tertiary/aromatic N) is 2. The lowest BCUT2D eigenvalue weighted by molar-refractivity contribution is 1.21. The topological polar surface area (TPSA) is 37.8 Å². The second-order valence-electron chi connectivity index (χ2n) is 4.51. The lowest BCUT2D eigenvalue weighted by Gasteiger charge is -2.07. The quantitative estimate of drug-likeness (QED) is 0.776. The van der Waals surface area contributed by atoms with Crippen LogP contribution in [-0.4, -0.2) is 16.2 Å². The summed E-state index contributed by atoms with van der Waals surface area (Å²) in [5.74, 6) is 1.64. The zero-order valence-corrected chi connectivity index (χ0v) is 12.0. The van der Waals surface area contributed by atoms with Gasteiger partial charge in [0.05, 0.1) is 5.52 Å². The van der Waals surface area contributed by atoms with Crippen LogP contribution in [0.3, 0.4) is 0 Å². The third kappa shape index (κ3) is 2.91. The molecule has 0 fully saturated rings. The molecular weight excluding hydrogens is 266 g/mol. The van der Waals surface area contributed by atoms with Crippen LogP contribution in [0.25, 0.3) is 10.9 Å². The highest BCUT2D eigenvalue weighted by atomic mass is 32.2. The number of rotatable bonds is 4. The standard InChI is InChI=1S/C16H15N3S/c1-20-11-12-5-4-7-14(9-12)18-16-17-10-13-6-2-3-8-15(13)19-16/h2-10H,11H2,1H3,(H,17,18,19). The average molecular weight is 281 g/mol. The van der Waals surface area contributed by atoms with Gasteiger partial charge in [0.2, 0.25) is 5.95 Å². The van der Waals surface area contributed by atoms with Gasteiger partial charge in [-0.2, -0.15) is 11.8 Å². The van der Waals surface area contributed by atoms with Crippen molar-refractivity contribution in [2.75, 3.05) is 11.6 Å². The number of nitrogens with one attached hydrogen (secondary N) is 1. The molecule has 3 nitrogen and oxygen atoms in total. The van der Waals surface area contributed by atoms with E-state index in [1.807, 2.05) is 48.3 Å². The van der Waals surface area contributed by atoms with Crippen LogP contribution in [0.2, 0.25) is 0 Å². The molecule has 0 radical (unpaired) electrons. The van der Waals surface area contributed by atoms with Gasteiger partial charge in [-0.15, -0.1) is 0 Å². The fraction of sp³-hybridized carbons (Fsp3) is 0.125. The van der Waals surface area contributed by atoms with Crippen molar-refractivity contribution in [3.05, 3.63) is 60.3 Å². The molecule has 20 heavy (non-hydrogen) atoms. The molecule has 0 aliphatic carbocycles. The van der Waals surface area contributed by atoms with Gasteiger partial charge in [0.25, 0.3) is 0 Å². The zero-order chi connectivity index (χ0) is 13.8. The van der Waals surface area contributed by atoms with Crippen molar-refractivity contribution in [1.29, 1.82) is 0 Å². The first kappa shape index (κ1) is 12.9. The Labute approximate surface area is 122 Å². The molecule has 0 spiro atoms. The molecule has 4 heteroatoms. The summed E-state index contributed by atoms with van der Waals surface area (Å²) in [5.41, 5.74) is 3.26. The van der Waals surface area contributed by atoms with Crippen LogP contribution in [0.15, 0.2) is 54.7 Å². The molecule has 3 aromatic rings. The van der Waals surface area contributed by atoms with Crippen molar-refractivity contribution < 1.29 is 0 Å². The summed E-state index contributed by atoms with van der Waals surface area (Å²) in [7, 11) is 0. The Morgan fingerprint density at radius 3 is 2.90 bits per heavy atom. The van der Waals surface area contributed by atoms with Crippen LogP contribution in [0.4, 0.5) is 11.6 Å². The summed E-state index contributed by atoms with van der Waals surface area (Å²) >= 11 is 1.81. The molecule has 0 amide bonds. The Bertz CT molecular complexity index is 727. The van der Waals surface area contributed by atoms with E-state index in [0.29, 0.717) is 5.95 Å². The summed E-state index contributed by atoms with van der Waals surface area (Å²) in [6.07, 6.45) is 3.95. The molecule has 0 saturated heterocycles. The molecule has 0 unspecified atom stereocenters. The molecule has 0 atom stereocenters. The van der Waals surface area contributed by atoms with Gasteiger partial charge in [0.15, 0.2) is 0 Å². The second kappa shape index (κ2) is 5.92. The smallest absolute Gasteiger partial charge is 0.227 e. The number of aromatic nitrogens is 2. The van der Waals surface area contributed by atoms with Gasteiger partial charge < -0.3 is 5.32 Å². The summed E-state index contributed by atoms with van der Waals surface area (Å²) in [6.45, 7) is 0. The Hall–Kier alpha value is -2.07. The minimum absolute atomic E-state index is 0.630. The third-order valence-corrected chi connectivity index (χ3v) is 3.61. The Balaban J connectivity index is 1.87. The van der Waals surface area contributed by atoms with E-state index in [1.54, 1.807) is 0 Å². The van der Waals surface area contributed by atoms with Crippen LogP contribution in [0.1, 0.15) is 5.56 Å². The van der Waals surface area contributed by atoms with E-state index in [4.69, 9.17) is 0 Å². The average Bonchev–Trinajstić information content (AvgIpc) is 2.48. The van der Waals surface area contributed by atoms with E-state index in [1.165, 1.54) is 5.56 Å². The van der Waals surface area contributed by atoms with E-state index < -0.39 is 0 Å². The number of fused-ring (bicyclic) bond motifs is 1. The fourth-order valence-corrected chi connectivity index (χ4v) is 2.58. The third-order valence-electron chi connectivity index (χ3n) is 2.98. The summed E-state index contributed by atoms with van der Waals surface area (Å²) < 4.78 is 0. The van der Waals surface area contributed by atoms with Crippen molar-refractivity contribution in [2.45, 2.75) is 5.75 Å². The number of hydrogen-bond acceptors (Lipinski definition) is 4. The molecule has 1 N–H and O–H groups in total. The minimum Gasteiger partial charge on any atom is -0.324 e. The Kier molecular flexibility index (Phi) is 3.83. The summed E-state index contributed by atoms with van der Waals surface area (Å²) in [4.78, 5) is 8.87. The molecule has 0 saturated carbocycles. The molecule has 1 aromatic heterocycles. The first-order valence-corrected chi connectivity index (χ1v) is 7.81. The van der Waals surface area contributed by atoms with Crippen molar-refractivity contribution in [3.63, 3.8) is 0 Å². The number of benzene rings is 2. The highest BCUT2D eigenvalue weighted by molar-refractivity contribution is 7.97. The molecule has 3 rings (SSSR count). The van der Waals surface area contributed by atoms with E-state index >= 15 is 0 Å². The van der Waals surface area contributed by atoms with Crippen LogP contribution in [-0.2, 0) is 5.75 Å². The van der Waals surface area contributed by atoms with E-state index in [9.17, 15) is 0 Å². The minimum atomic E-state index is 0.630. The molecule has 0 aliphatic rings. The van der Waals surface area contributed by atoms with Gasteiger partial charge in [0.1, 0.15) is 0 Å². The molecule has 0 aliphatic heterocycles. The molecule has 100 valence electrons. The predicted octanol–water partition coefficient (Wildman–Crippen LogP) is 4.24. The van der Waals surface area contributed by atoms with Gasteiger partial charge >= 0.3 is 0 Å². The number of para-hydroxylation sites is 1. The van der Waals surface area contributed by atoms with Crippen LogP contribution >= 0.6 is 11.8 Å². The highest BCUT2D eigenvalue weighted by Gasteiger charge is 2.01. The largest absolute Gasteiger partial charge is 0.324 e. The van der Waals surface area contributed by atoms with E-state index in [0.717, 1.165) is 22.3 Å². The van der Waals surface area contributed by atoms with Crippen molar-refractivity contribution in [2.24, 2.45) is 0 Å². The number of hydrogen-bond donors (Lipinski definition) is 1. The maximum atomic E-state index is 4.52. The SMILES string of the molecule is CSCc1cccc(Nc2ncc3ccccc3n2)c1. The van der Waals surface area contributed by atoms with Crippen LogP contribution in [0.5, 0.6) is 0 Å². The molecule has 1 heterocycles. The zero-order valence-electron chi connectivity index (χ0n) is 11.2. The van der Waals surface area contributed by atoms with Gasteiger partial charge in [-0.1, -0.05) is 30.3 Å². The fourth-order valence-electron chi connectivity index (χ4n) is 2.07. The Morgan fingerprint density at radius 1 is 1.10 bits per heavy atom. The first-order valence-electron chi connectivity index (χ1n) is 6.42. The molecule has 0 bridgehead atoms. The first-order chi connectivity index (χ1) is 9.85. The highest BCUT2D eigenvalue weighted by Crippen LogP contribution is 2.19. The van der Waals surface area contributed by atoms with Crippen LogP contribution in [0, 0.1) is 0 Å². The summed E-state index contributed by atoms with van der Waals surface area (Å²) in [5, 5.41) is 4.31. The summed E-state index contributed by atoms with van der Waals surface area (Å²) in [6, 6.07) is 16.3. The Morgan fingerprint density at radius 2 is 2.00 bits per heavy atom. The van der Waals surface area contributed by atoms with E-state index in [-0.39, 0.29) is 0 Å². The van der Waals surface area contributed by atoms with Crippen molar-refractivity contribution in [1.82, 2.24) is 9.97 Å². The normalized spacial score (nSPS) is 10.7. The second-order valence-corrected chi connectivity index (χ2v) is 5.38. The number of thioether (sulfide) groups is 1. The predicted molar refractivity (Wildman–Crippen MR) is 86.5 cm³/mol. The maximum Gasteiger partial charge on any atom is 0.227 e. The van der Waals surface area contributed by atoms with Gasteiger partial charge in [0, 0.05) is 23.0 Å². The van der Waals surface area contributed by atoms with Crippen LogP contribution < -0.4 is 5.32 Å². The van der Waals surface area contributed by atoms with Crippen molar-refractivity contribution in [3.8, 4) is 0 Å². The van der Waals surface area contributed by atoms with Gasteiger partial charge in [-0.3, -0.25) is 0 Å². The van der Waals surface area contributed by atoms with Gasteiger partial charge in [-0.25, -0.2) is 9.97 Å². The lowest BCUT2D eigenvalue weighted by Crippen LogP contribution is -1.97. The molecular formula is C16H15N3S. The van der Waals surface area contributed by atoms with Gasteiger partial charge in [-0.05, 0) is 30.0 Å². The molecule has 2 aromatic carbocycles. The lowest BCUT2D eigenvalue weighted by atomic mass is 10.2. The maximum absolute atomic E-state index is 4.52. The van der Waals surface area contributed by atoms with Crippen molar-refractivity contribution >= 4 is 34.3 Å². The van der Waals surface area contributed by atoms with E-state index in [2.05, 4.69) is 39.7 Å².